The first-order valence-electron chi connectivity index (χ1n) is 4.04. The molecule has 0 aromatic rings. The minimum absolute atomic E-state index is 0.270. The Bertz CT molecular complexity index is 146. The fourth-order valence-electron chi connectivity index (χ4n) is 1.01. The monoisotopic (exact) mass is 174 g/mol. The van der Waals surface area contributed by atoms with Crippen LogP contribution in [0.15, 0.2) is 0 Å². The van der Waals surface area contributed by atoms with Gasteiger partial charge in [0.25, 0.3) is 0 Å². The van der Waals surface area contributed by atoms with Crippen LogP contribution in [0.25, 0.3) is 0 Å². The number of nitrogens with zero attached hydrogens (tertiary/aromatic N) is 1. The summed E-state index contributed by atoms with van der Waals surface area (Å²) in [7, 11) is 3.04. The van der Waals surface area contributed by atoms with Crippen LogP contribution in [0.5, 0.6) is 0 Å². The van der Waals surface area contributed by atoms with Gasteiger partial charge in [-0.3, -0.25) is 10.6 Å². The van der Waals surface area contributed by atoms with Crippen molar-refractivity contribution in [1.29, 1.82) is 0 Å². The molecule has 0 amide bonds. The molecule has 1 atom stereocenters. The van der Waals surface area contributed by atoms with Crippen LogP contribution in [0.3, 0.4) is 0 Å². The van der Waals surface area contributed by atoms with Crippen LogP contribution in [0.2, 0.25) is 0 Å². The molecule has 2 N–H and O–H groups in total. The van der Waals surface area contributed by atoms with Crippen LogP contribution in [-0.4, -0.2) is 31.2 Å². The van der Waals surface area contributed by atoms with E-state index < -0.39 is 0 Å². The largest absolute Gasteiger partial charge is 0.468 e. The molecule has 0 radical (unpaired) electrons. The summed E-state index contributed by atoms with van der Waals surface area (Å²) in [4.78, 5) is 11.1. The van der Waals surface area contributed by atoms with Gasteiger partial charge in [-0.2, -0.15) is 0 Å². The second-order valence-electron chi connectivity index (χ2n) is 3.33. The highest BCUT2D eigenvalue weighted by Gasteiger charge is 2.22. The van der Waals surface area contributed by atoms with Gasteiger partial charge in [0.15, 0.2) is 0 Å². The highest BCUT2D eigenvalue weighted by molar-refractivity contribution is 5.75. The van der Waals surface area contributed by atoms with Crippen molar-refractivity contribution in [2.24, 2.45) is 11.8 Å². The van der Waals surface area contributed by atoms with E-state index in [0.29, 0.717) is 5.92 Å². The maximum absolute atomic E-state index is 11.1. The van der Waals surface area contributed by atoms with E-state index in [9.17, 15) is 4.79 Å². The zero-order valence-corrected chi connectivity index (χ0v) is 8.20. The summed E-state index contributed by atoms with van der Waals surface area (Å²) in [6.07, 6.45) is 0.722. The maximum atomic E-state index is 11.1. The van der Waals surface area contributed by atoms with Crippen molar-refractivity contribution in [2.75, 3.05) is 14.2 Å². The van der Waals surface area contributed by atoms with Crippen LogP contribution < -0.4 is 5.84 Å². The molecule has 0 heterocycles. The summed E-state index contributed by atoms with van der Waals surface area (Å²) in [5.74, 6) is 5.65. The molecule has 4 nitrogen and oxygen atoms in total. The van der Waals surface area contributed by atoms with E-state index in [1.54, 1.807) is 7.05 Å². The number of esters is 1. The number of nitrogens with two attached hydrogens (primary N) is 1. The predicted octanol–water partition coefficient (Wildman–Crippen LogP) is 0.380. The molecule has 0 rings (SSSR count). The van der Waals surface area contributed by atoms with Gasteiger partial charge in [0.1, 0.15) is 6.04 Å². The fraction of sp³-hybridized carbons (Fsp3) is 0.875. The number of likely N-dealkylation sites (N-methyl/N-ethyl adjacent to an activating group) is 1. The van der Waals surface area contributed by atoms with Crippen molar-refractivity contribution in [2.45, 2.75) is 26.3 Å². The first kappa shape index (κ1) is 11.4. The van der Waals surface area contributed by atoms with Crippen LogP contribution in [0.4, 0.5) is 0 Å². The Morgan fingerprint density at radius 2 is 2.08 bits per heavy atom. The molecule has 12 heavy (non-hydrogen) atoms. The van der Waals surface area contributed by atoms with Gasteiger partial charge in [-0.25, -0.2) is 5.01 Å². The molecule has 0 fully saturated rings. The number of hydrogen-bond donors (Lipinski definition) is 1. The molecule has 0 aliphatic rings. The summed E-state index contributed by atoms with van der Waals surface area (Å²) < 4.78 is 4.61. The van der Waals surface area contributed by atoms with E-state index in [4.69, 9.17) is 5.84 Å². The van der Waals surface area contributed by atoms with Crippen molar-refractivity contribution >= 4 is 5.97 Å². The zero-order valence-electron chi connectivity index (χ0n) is 8.20. The third kappa shape index (κ3) is 3.69. The molecule has 0 aromatic carbocycles. The molecule has 0 bridgehead atoms. The Morgan fingerprint density at radius 1 is 1.58 bits per heavy atom. The van der Waals surface area contributed by atoms with Crippen molar-refractivity contribution in [3.8, 4) is 0 Å². The standard InChI is InChI=1S/C8H18N2O2/c1-6(2)5-7(10(3)9)8(11)12-4/h6-7H,5,9H2,1-4H3/t7-/m0/s1. The lowest BCUT2D eigenvalue weighted by atomic mass is 10.0. The Kier molecular flexibility index (Phi) is 4.85. The van der Waals surface area contributed by atoms with Gasteiger partial charge in [0.2, 0.25) is 0 Å². The summed E-state index contributed by atoms with van der Waals surface area (Å²) in [5, 5.41) is 1.39. The average Bonchev–Trinajstić information content (AvgIpc) is 1.98. The second-order valence-corrected chi connectivity index (χ2v) is 3.33. The molecule has 0 spiro atoms. The first-order chi connectivity index (χ1) is 5.49. The summed E-state index contributed by atoms with van der Waals surface area (Å²) in [5.41, 5.74) is 0. The minimum atomic E-state index is -0.324. The third-order valence-electron chi connectivity index (χ3n) is 1.66. The van der Waals surface area contributed by atoms with E-state index in [1.807, 2.05) is 13.8 Å². The van der Waals surface area contributed by atoms with Crippen molar-refractivity contribution < 1.29 is 9.53 Å². The number of hydrogen-bond acceptors (Lipinski definition) is 4. The van der Waals surface area contributed by atoms with Crippen molar-refractivity contribution in [3.63, 3.8) is 0 Å². The number of methoxy groups -OCH3 is 1. The lowest BCUT2D eigenvalue weighted by Gasteiger charge is -2.22. The van der Waals surface area contributed by atoms with Crippen molar-refractivity contribution in [1.82, 2.24) is 5.01 Å². The topological polar surface area (TPSA) is 55.6 Å². The van der Waals surface area contributed by atoms with E-state index in [-0.39, 0.29) is 12.0 Å². The molecule has 0 unspecified atom stereocenters. The molecule has 0 aliphatic carbocycles. The Labute approximate surface area is 73.6 Å². The molecule has 4 heteroatoms. The van der Waals surface area contributed by atoms with Gasteiger partial charge in [0, 0.05) is 7.05 Å². The first-order valence-corrected chi connectivity index (χ1v) is 4.04. The normalized spacial score (nSPS) is 13.6. The van der Waals surface area contributed by atoms with Crippen LogP contribution in [0.1, 0.15) is 20.3 Å². The summed E-state index contributed by atoms with van der Waals surface area (Å²) in [6, 6.07) is -0.324. The quantitative estimate of drug-likeness (QED) is 0.380. The second kappa shape index (κ2) is 5.11. The van der Waals surface area contributed by atoms with Gasteiger partial charge in [-0.05, 0) is 12.3 Å². The lowest BCUT2D eigenvalue weighted by Crippen LogP contribution is -2.44. The van der Waals surface area contributed by atoms with E-state index in [2.05, 4.69) is 4.74 Å². The predicted molar refractivity (Wildman–Crippen MR) is 47.2 cm³/mol. The number of hydrazine groups is 1. The average molecular weight is 174 g/mol. The maximum Gasteiger partial charge on any atom is 0.324 e. The molecule has 0 aromatic heterocycles. The smallest absolute Gasteiger partial charge is 0.324 e. The van der Waals surface area contributed by atoms with E-state index >= 15 is 0 Å². The Balaban J connectivity index is 4.13. The minimum Gasteiger partial charge on any atom is -0.468 e. The third-order valence-corrected chi connectivity index (χ3v) is 1.66. The van der Waals surface area contributed by atoms with E-state index in [1.165, 1.54) is 12.1 Å². The number of ether oxygens (including phenoxy) is 1. The van der Waals surface area contributed by atoms with Crippen molar-refractivity contribution in [3.05, 3.63) is 0 Å². The Hall–Kier alpha value is -0.610. The van der Waals surface area contributed by atoms with Gasteiger partial charge < -0.3 is 4.74 Å². The highest BCUT2D eigenvalue weighted by atomic mass is 16.5. The van der Waals surface area contributed by atoms with Crippen LogP contribution in [0, 0.1) is 5.92 Å². The van der Waals surface area contributed by atoms with Gasteiger partial charge >= 0.3 is 5.97 Å². The van der Waals surface area contributed by atoms with Crippen LogP contribution in [-0.2, 0) is 9.53 Å². The van der Waals surface area contributed by atoms with Gasteiger partial charge in [0.05, 0.1) is 7.11 Å². The van der Waals surface area contributed by atoms with Gasteiger partial charge in [-0.15, -0.1) is 0 Å². The molecule has 72 valence electrons. The van der Waals surface area contributed by atoms with Crippen LogP contribution >= 0.6 is 0 Å². The Morgan fingerprint density at radius 3 is 2.33 bits per heavy atom. The summed E-state index contributed by atoms with van der Waals surface area (Å²) in [6.45, 7) is 4.08. The number of carbonyl (C=O) groups is 1. The van der Waals surface area contributed by atoms with Gasteiger partial charge in [-0.1, -0.05) is 13.8 Å². The molecular formula is C8H18N2O2. The summed E-state index contributed by atoms with van der Waals surface area (Å²) >= 11 is 0. The zero-order chi connectivity index (χ0) is 9.72. The highest BCUT2D eigenvalue weighted by Crippen LogP contribution is 2.08. The molecular weight excluding hydrogens is 156 g/mol. The lowest BCUT2D eigenvalue weighted by molar-refractivity contribution is -0.147. The number of rotatable bonds is 4. The molecule has 0 aliphatic heterocycles. The van der Waals surface area contributed by atoms with E-state index in [0.717, 1.165) is 6.42 Å². The fourth-order valence-corrected chi connectivity index (χ4v) is 1.01. The number of carbonyl (C=O) groups excluding carboxylic acids is 1. The molecule has 0 saturated carbocycles. The molecule has 0 saturated heterocycles. The SMILES string of the molecule is COC(=O)[C@H](CC(C)C)N(C)N.